The van der Waals surface area contributed by atoms with E-state index in [9.17, 15) is 0 Å². The summed E-state index contributed by atoms with van der Waals surface area (Å²) in [6.07, 6.45) is 0. The Morgan fingerprint density at radius 1 is 0.773 bits per heavy atom. The van der Waals surface area contributed by atoms with Gasteiger partial charge in [-0.15, -0.1) is 0 Å². The summed E-state index contributed by atoms with van der Waals surface area (Å²) in [6.45, 7) is 4.45. The van der Waals surface area contributed by atoms with E-state index in [-0.39, 0.29) is 0 Å². The van der Waals surface area contributed by atoms with Crippen molar-refractivity contribution >= 4 is 11.0 Å². The van der Waals surface area contributed by atoms with Crippen LogP contribution in [0, 0.1) is 0 Å². The molecule has 0 saturated heterocycles. The maximum atomic E-state index is 6.03. The van der Waals surface area contributed by atoms with Crippen LogP contribution in [0.3, 0.4) is 0 Å². The van der Waals surface area contributed by atoms with E-state index in [4.69, 9.17) is 4.42 Å². The summed E-state index contributed by atoms with van der Waals surface area (Å²) < 4.78 is 6.03. The molecular weight excluding hydrogens is 268 g/mol. The standard InChI is InChI=1S/C21H18O/c1-14(2)15-7-5-8-18-16(12-15)10-11-19(18)21-13-17-6-3-4-9-20(17)22-21/h3-14H,1-2H3. The van der Waals surface area contributed by atoms with Gasteiger partial charge in [0, 0.05) is 10.9 Å². The zero-order valence-electron chi connectivity index (χ0n) is 12.8. The predicted octanol–water partition coefficient (Wildman–Crippen LogP) is 6.33. The van der Waals surface area contributed by atoms with Crippen molar-refractivity contribution in [2.75, 3.05) is 0 Å². The zero-order valence-corrected chi connectivity index (χ0v) is 12.8. The summed E-state index contributed by atoms with van der Waals surface area (Å²) >= 11 is 0. The molecule has 0 amide bonds. The Morgan fingerprint density at radius 3 is 2.45 bits per heavy atom. The van der Waals surface area contributed by atoms with Crippen LogP contribution in [-0.4, -0.2) is 0 Å². The van der Waals surface area contributed by atoms with E-state index in [0.29, 0.717) is 5.92 Å². The minimum atomic E-state index is 0.528. The topological polar surface area (TPSA) is 13.1 Å². The summed E-state index contributed by atoms with van der Waals surface area (Å²) in [7, 11) is 0. The number of hydrogen-bond acceptors (Lipinski definition) is 1. The number of para-hydroxylation sites is 1. The lowest BCUT2D eigenvalue weighted by atomic mass is 10.0. The molecule has 0 fully saturated rings. The first-order valence-electron chi connectivity index (χ1n) is 7.74. The van der Waals surface area contributed by atoms with Crippen LogP contribution in [0.1, 0.15) is 25.3 Å². The number of benzene rings is 1. The third-order valence-electron chi connectivity index (χ3n) is 4.26. The van der Waals surface area contributed by atoms with Gasteiger partial charge in [-0.2, -0.15) is 0 Å². The van der Waals surface area contributed by atoms with E-state index < -0.39 is 0 Å². The number of hydrogen-bond donors (Lipinski definition) is 0. The molecule has 1 nitrogen and oxygen atoms in total. The first-order valence-corrected chi connectivity index (χ1v) is 7.74. The van der Waals surface area contributed by atoms with E-state index in [1.807, 2.05) is 18.2 Å². The van der Waals surface area contributed by atoms with Gasteiger partial charge in [0.1, 0.15) is 11.3 Å². The second-order valence-electron chi connectivity index (χ2n) is 6.09. The molecule has 0 saturated carbocycles. The SMILES string of the molecule is CC(C)c1cccc2c(-c3cc4ccccc4o3)ccc-2c1. The smallest absolute Gasteiger partial charge is 0.136 e. The summed E-state index contributed by atoms with van der Waals surface area (Å²) in [4.78, 5) is 0. The van der Waals surface area contributed by atoms with Gasteiger partial charge in [-0.05, 0) is 40.8 Å². The van der Waals surface area contributed by atoms with Crippen LogP contribution in [0.5, 0.6) is 0 Å². The predicted molar refractivity (Wildman–Crippen MR) is 92.4 cm³/mol. The van der Waals surface area contributed by atoms with E-state index in [1.165, 1.54) is 16.7 Å². The normalized spacial score (nSPS) is 11.6. The molecule has 22 heavy (non-hydrogen) atoms. The first-order chi connectivity index (χ1) is 10.7. The van der Waals surface area contributed by atoms with Gasteiger partial charge in [-0.1, -0.05) is 62.4 Å². The molecule has 2 aliphatic carbocycles. The number of furan rings is 1. The monoisotopic (exact) mass is 286 g/mol. The van der Waals surface area contributed by atoms with Gasteiger partial charge in [-0.25, -0.2) is 0 Å². The van der Waals surface area contributed by atoms with Crippen molar-refractivity contribution in [2.24, 2.45) is 0 Å². The zero-order chi connectivity index (χ0) is 15.1. The lowest BCUT2D eigenvalue weighted by molar-refractivity contribution is 0.632. The average Bonchev–Trinajstić information content (AvgIpc) is 3.04. The fraction of sp³-hybridized carbons (Fsp3) is 0.143. The Balaban J connectivity index is 1.87. The Kier molecular flexibility index (Phi) is 3.00. The number of rotatable bonds is 2. The Labute approximate surface area is 130 Å². The van der Waals surface area contributed by atoms with E-state index in [0.717, 1.165) is 22.3 Å². The van der Waals surface area contributed by atoms with Crippen molar-refractivity contribution < 1.29 is 4.42 Å². The van der Waals surface area contributed by atoms with Gasteiger partial charge in [-0.3, -0.25) is 0 Å². The highest BCUT2D eigenvalue weighted by Gasteiger charge is 2.14. The molecule has 0 aliphatic heterocycles. The molecule has 1 heteroatoms. The molecule has 0 unspecified atom stereocenters. The average molecular weight is 286 g/mol. The molecule has 0 bridgehead atoms. The van der Waals surface area contributed by atoms with Gasteiger partial charge in [0.2, 0.25) is 0 Å². The maximum absolute atomic E-state index is 6.03. The maximum Gasteiger partial charge on any atom is 0.136 e. The van der Waals surface area contributed by atoms with Gasteiger partial charge in [0.25, 0.3) is 0 Å². The molecule has 0 spiro atoms. The molecule has 0 N–H and O–H groups in total. The van der Waals surface area contributed by atoms with Crippen molar-refractivity contribution in [3.63, 3.8) is 0 Å². The van der Waals surface area contributed by atoms with Gasteiger partial charge >= 0.3 is 0 Å². The molecule has 1 heterocycles. The van der Waals surface area contributed by atoms with E-state index in [1.54, 1.807) is 0 Å². The Hall–Kier alpha value is -2.54. The minimum Gasteiger partial charge on any atom is -0.456 e. The molecule has 108 valence electrons. The molecular formula is C21H18O. The fourth-order valence-electron chi connectivity index (χ4n) is 2.99. The molecule has 4 rings (SSSR count). The van der Waals surface area contributed by atoms with E-state index in [2.05, 4.69) is 62.4 Å². The van der Waals surface area contributed by atoms with Crippen molar-refractivity contribution in [3.8, 4) is 22.5 Å². The van der Waals surface area contributed by atoms with Crippen LogP contribution in [-0.2, 0) is 0 Å². The van der Waals surface area contributed by atoms with Crippen LogP contribution in [0.25, 0.3) is 33.4 Å². The number of fused-ring (bicyclic) bond motifs is 2. The van der Waals surface area contributed by atoms with Crippen LogP contribution in [0.2, 0.25) is 0 Å². The summed E-state index contributed by atoms with van der Waals surface area (Å²) in [5.41, 5.74) is 5.97. The van der Waals surface area contributed by atoms with Gasteiger partial charge in [0.15, 0.2) is 0 Å². The van der Waals surface area contributed by atoms with Crippen LogP contribution >= 0.6 is 0 Å². The quantitative estimate of drug-likeness (QED) is 0.420. The van der Waals surface area contributed by atoms with E-state index >= 15 is 0 Å². The Morgan fingerprint density at radius 2 is 1.64 bits per heavy atom. The first kappa shape index (κ1) is 13.1. The summed E-state index contributed by atoms with van der Waals surface area (Å²) in [5.74, 6) is 1.47. The Bertz CT molecular complexity index is 881. The van der Waals surface area contributed by atoms with Crippen molar-refractivity contribution in [3.05, 3.63) is 72.3 Å². The highest BCUT2D eigenvalue weighted by atomic mass is 16.3. The lowest BCUT2D eigenvalue weighted by Gasteiger charge is -2.02. The van der Waals surface area contributed by atoms with Crippen LogP contribution in [0.15, 0.2) is 71.1 Å². The third kappa shape index (κ3) is 2.10. The largest absolute Gasteiger partial charge is 0.456 e. The molecule has 2 aliphatic rings. The van der Waals surface area contributed by atoms with Gasteiger partial charge < -0.3 is 4.42 Å². The molecule has 0 atom stereocenters. The highest BCUT2D eigenvalue weighted by molar-refractivity contribution is 5.89. The van der Waals surface area contributed by atoms with Crippen molar-refractivity contribution in [1.82, 2.24) is 0 Å². The molecule has 0 radical (unpaired) electrons. The lowest BCUT2D eigenvalue weighted by Crippen LogP contribution is -1.82. The molecule has 1 aromatic carbocycles. The molecule has 2 aromatic rings. The summed E-state index contributed by atoms with van der Waals surface area (Å²) in [6, 6.07) is 23.4. The highest BCUT2D eigenvalue weighted by Crippen LogP contribution is 2.38. The second kappa shape index (κ2) is 5.03. The third-order valence-corrected chi connectivity index (χ3v) is 4.26. The second-order valence-corrected chi connectivity index (χ2v) is 6.09. The van der Waals surface area contributed by atoms with Crippen molar-refractivity contribution in [1.29, 1.82) is 0 Å². The van der Waals surface area contributed by atoms with Crippen LogP contribution in [0.4, 0.5) is 0 Å². The van der Waals surface area contributed by atoms with Crippen LogP contribution < -0.4 is 0 Å². The van der Waals surface area contributed by atoms with Crippen molar-refractivity contribution in [2.45, 2.75) is 19.8 Å². The minimum absolute atomic E-state index is 0.528. The summed E-state index contributed by atoms with van der Waals surface area (Å²) in [5, 5.41) is 1.15. The molecule has 1 aromatic heterocycles. The fourth-order valence-corrected chi connectivity index (χ4v) is 2.99. The van der Waals surface area contributed by atoms with Gasteiger partial charge in [0.05, 0.1) is 0 Å².